The molecule has 4 nitrogen and oxygen atoms in total. The highest BCUT2D eigenvalue weighted by atomic mass is 16.2. The van der Waals surface area contributed by atoms with Crippen LogP contribution >= 0.6 is 0 Å². The minimum atomic E-state index is -0.458. The van der Waals surface area contributed by atoms with E-state index in [2.05, 4.69) is 0 Å². The third-order valence-electron chi connectivity index (χ3n) is 2.92. The van der Waals surface area contributed by atoms with Gasteiger partial charge in [0.1, 0.15) is 0 Å². The summed E-state index contributed by atoms with van der Waals surface area (Å²) >= 11 is 0. The second kappa shape index (κ2) is 3.69. The average Bonchev–Trinajstić information content (AvgIpc) is 2.97. The van der Waals surface area contributed by atoms with Crippen molar-refractivity contribution in [3.05, 3.63) is 0 Å². The van der Waals surface area contributed by atoms with Crippen LogP contribution in [0.15, 0.2) is 0 Å². The maximum atomic E-state index is 11.7. The predicted molar refractivity (Wildman–Crippen MR) is 51.3 cm³/mol. The van der Waals surface area contributed by atoms with Gasteiger partial charge in [0.15, 0.2) is 0 Å². The van der Waals surface area contributed by atoms with Crippen molar-refractivity contribution in [3.8, 4) is 0 Å². The standard InChI is InChI=1S/C10H16N2O2/c11-8-3-1-2-6-12(10(8)14)9(13)7-4-5-7/h7-8H,1-6,11H2/t8-/m0/s1. The van der Waals surface area contributed by atoms with Crippen molar-refractivity contribution >= 4 is 11.8 Å². The van der Waals surface area contributed by atoms with Crippen LogP contribution in [-0.4, -0.2) is 29.3 Å². The fourth-order valence-corrected chi connectivity index (χ4v) is 1.84. The number of carbonyl (C=O) groups is 2. The smallest absolute Gasteiger partial charge is 0.246 e. The lowest BCUT2D eigenvalue weighted by Crippen LogP contribution is -2.46. The zero-order valence-electron chi connectivity index (χ0n) is 8.24. The topological polar surface area (TPSA) is 63.4 Å². The Morgan fingerprint density at radius 1 is 1.29 bits per heavy atom. The van der Waals surface area contributed by atoms with Gasteiger partial charge in [0.2, 0.25) is 11.8 Å². The molecule has 0 unspecified atom stereocenters. The van der Waals surface area contributed by atoms with Crippen LogP contribution < -0.4 is 5.73 Å². The normalized spacial score (nSPS) is 28.8. The van der Waals surface area contributed by atoms with E-state index in [0.717, 1.165) is 25.7 Å². The van der Waals surface area contributed by atoms with Crippen LogP contribution in [0, 0.1) is 5.92 Å². The molecular formula is C10H16N2O2. The van der Waals surface area contributed by atoms with Crippen molar-refractivity contribution in [1.29, 1.82) is 0 Å². The van der Waals surface area contributed by atoms with E-state index in [-0.39, 0.29) is 17.7 Å². The second-order valence-corrected chi connectivity index (χ2v) is 4.20. The van der Waals surface area contributed by atoms with Crippen LogP contribution in [0.2, 0.25) is 0 Å². The van der Waals surface area contributed by atoms with Gasteiger partial charge in [-0.05, 0) is 32.1 Å². The molecule has 0 aromatic rings. The molecule has 2 amide bonds. The molecule has 0 spiro atoms. The fraction of sp³-hybridized carbons (Fsp3) is 0.800. The summed E-state index contributed by atoms with van der Waals surface area (Å²) in [4.78, 5) is 24.8. The van der Waals surface area contributed by atoms with Crippen LogP contribution in [0.4, 0.5) is 0 Å². The fourth-order valence-electron chi connectivity index (χ4n) is 1.84. The zero-order valence-corrected chi connectivity index (χ0v) is 8.24. The molecule has 14 heavy (non-hydrogen) atoms. The number of nitrogens with zero attached hydrogens (tertiary/aromatic N) is 1. The maximum absolute atomic E-state index is 11.7. The van der Waals surface area contributed by atoms with Gasteiger partial charge in [-0.25, -0.2) is 0 Å². The van der Waals surface area contributed by atoms with E-state index in [9.17, 15) is 9.59 Å². The molecular weight excluding hydrogens is 180 g/mol. The van der Waals surface area contributed by atoms with Crippen molar-refractivity contribution < 1.29 is 9.59 Å². The Morgan fingerprint density at radius 3 is 2.64 bits per heavy atom. The zero-order chi connectivity index (χ0) is 10.1. The maximum Gasteiger partial charge on any atom is 0.246 e. The number of hydrogen-bond acceptors (Lipinski definition) is 3. The largest absolute Gasteiger partial charge is 0.320 e. The quantitative estimate of drug-likeness (QED) is 0.612. The van der Waals surface area contributed by atoms with Gasteiger partial charge in [0.25, 0.3) is 0 Å². The Kier molecular flexibility index (Phi) is 2.54. The highest BCUT2D eigenvalue weighted by molar-refractivity contribution is 5.99. The lowest BCUT2D eigenvalue weighted by Gasteiger charge is -2.20. The second-order valence-electron chi connectivity index (χ2n) is 4.20. The highest BCUT2D eigenvalue weighted by Gasteiger charge is 2.37. The number of imide groups is 1. The molecule has 2 aliphatic rings. The summed E-state index contributed by atoms with van der Waals surface area (Å²) in [7, 11) is 0. The molecule has 1 aliphatic carbocycles. The number of likely N-dealkylation sites (tertiary alicyclic amines) is 1. The monoisotopic (exact) mass is 196 g/mol. The molecule has 0 aromatic carbocycles. The van der Waals surface area contributed by atoms with Gasteiger partial charge >= 0.3 is 0 Å². The molecule has 0 radical (unpaired) electrons. The van der Waals surface area contributed by atoms with Crippen molar-refractivity contribution in [2.75, 3.05) is 6.54 Å². The van der Waals surface area contributed by atoms with Gasteiger partial charge in [-0.2, -0.15) is 0 Å². The van der Waals surface area contributed by atoms with Gasteiger partial charge in [0.05, 0.1) is 6.04 Å². The van der Waals surface area contributed by atoms with E-state index in [4.69, 9.17) is 5.73 Å². The minimum Gasteiger partial charge on any atom is -0.320 e. The van der Waals surface area contributed by atoms with Gasteiger partial charge < -0.3 is 5.73 Å². The molecule has 0 aromatic heterocycles. The summed E-state index contributed by atoms with van der Waals surface area (Å²) in [6, 6.07) is -0.458. The Bertz CT molecular complexity index is 261. The molecule has 1 saturated heterocycles. The summed E-state index contributed by atoms with van der Waals surface area (Å²) in [6.45, 7) is 0.571. The predicted octanol–water partition coefficient (Wildman–Crippen LogP) is 0.263. The average molecular weight is 196 g/mol. The molecule has 2 N–H and O–H groups in total. The molecule has 1 atom stereocenters. The minimum absolute atomic E-state index is 0.00681. The Hall–Kier alpha value is -0.900. The van der Waals surface area contributed by atoms with Crippen molar-refractivity contribution in [2.24, 2.45) is 11.7 Å². The summed E-state index contributed by atoms with van der Waals surface area (Å²) < 4.78 is 0. The van der Waals surface area contributed by atoms with Crippen LogP contribution in [0.25, 0.3) is 0 Å². The highest BCUT2D eigenvalue weighted by Crippen LogP contribution is 2.31. The lowest BCUT2D eigenvalue weighted by atomic mass is 10.1. The molecule has 0 bridgehead atoms. The van der Waals surface area contributed by atoms with Crippen LogP contribution in [-0.2, 0) is 9.59 Å². The van der Waals surface area contributed by atoms with E-state index in [1.54, 1.807) is 0 Å². The molecule has 2 rings (SSSR count). The Labute approximate surface area is 83.4 Å². The Morgan fingerprint density at radius 2 is 2.00 bits per heavy atom. The third kappa shape index (κ3) is 1.80. The summed E-state index contributed by atoms with van der Waals surface area (Å²) in [6.07, 6.45) is 4.45. The molecule has 1 saturated carbocycles. The first-order valence-electron chi connectivity index (χ1n) is 5.31. The van der Waals surface area contributed by atoms with Gasteiger partial charge in [-0.1, -0.05) is 0 Å². The SMILES string of the molecule is N[C@H]1CCCCN(C(=O)C2CC2)C1=O. The molecule has 1 aliphatic heterocycles. The van der Waals surface area contributed by atoms with E-state index < -0.39 is 6.04 Å². The molecule has 1 heterocycles. The van der Waals surface area contributed by atoms with E-state index in [1.807, 2.05) is 0 Å². The number of rotatable bonds is 1. The van der Waals surface area contributed by atoms with Gasteiger partial charge in [-0.3, -0.25) is 14.5 Å². The summed E-state index contributed by atoms with van der Waals surface area (Å²) in [5.74, 6) is -0.0454. The first-order chi connectivity index (χ1) is 6.70. The van der Waals surface area contributed by atoms with Gasteiger partial charge in [0, 0.05) is 12.5 Å². The molecule has 2 fully saturated rings. The van der Waals surface area contributed by atoms with Gasteiger partial charge in [-0.15, -0.1) is 0 Å². The molecule has 78 valence electrons. The third-order valence-corrected chi connectivity index (χ3v) is 2.92. The van der Waals surface area contributed by atoms with Crippen molar-refractivity contribution in [2.45, 2.75) is 38.1 Å². The van der Waals surface area contributed by atoms with Crippen LogP contribution in [0.5, 0.6) is 0 Å². The number of nitrogens with two attached hydrogens (primary N) is 1. The van der Waals surface area contributed by atoms with Crippen LogP contribution in [0.3, 0.4) is 0 Å². The number of carbonyl (C=O) groups excluding carboxylic acids is 2. The summed E-state index contributed by atoms with van der Waals surface area (Å²) in [5, 5.41) is 0. The van der Waals surface area contributed by atoms with Crippen LogP contribution in [0.1, 0.15) is 32.1 Å². The first kappa shape index (κ1) is 9.65. The molecule has 4 heteroatoms. The number of hydrogen-bond donors (Lipinski definition) is 1. The number of amides is 2. The first-order valence-corrected chi connectivity index (χ1v) is 5.31. The van der Waals surface area contributed by atoms with Crippen molar-refractivity contribution in [1.82, 2.24) is 4.90 Å². The van der Waals surface area contributed by atoms with Crippen molar-refractivity contribution in [3.63, 3.8) is 0 Å². The summed E-state index contributed by atoms with van der Waals surface area (Å²) in [5.41, 5.74) is 5.68. The lowest BCUT2D eigenvalue weighted by molar-refractivity contribution is -0.146. The van der Waals surface area contributed by atoms with E-state index in [1.165, 1.54) is 4.90 Å². The van der Waals surface area contributed by atoms with E-state index >= 15 is 0 Å². The van der Waals surface area contributed by atoms with E-state index in [0.29, 0.717) is 13.0 Å². The Balaban J connectivity index is 2.06.